The number of imide groups is 1. The third kappa shape index (κ3) is 2.82. The number of ether oxygens (including phenoxy) is 3. The molecule has 1 aromatic carbocycles. The van der Waals surface area contributed by atoms with Crippen LogP contribution in [0.4, 0.5) is 4.79 Å². The molecule has 2 rings (SSSR count). The van der Waals surface area contributed by atoms with Crippen molar-refractivity contribution >= 4 is 22.9 Å². The number of methoxy groups -OCH3 is 3. The lowest BCUT2D eigenvalue weighted by Gasteiger charge is -2.14. The molecular formula is C13H15NO5S. The summed E-state index contributed by atoms with van der Waals surface area (Å²) < 4.78 is 15.7. The van der Waals surface area contributed by atoms with E-state index in [4.69, 9.17) is 14.2 Å². The van der Waals surface area contributed by atoms with E-state index in [2.05, 4.69) is 5.32 Å². The summed E-state index contributed by atoms with van der Waals surface area (Å²) in [6.07, 6.45) is 0.416. The van der Waals surface area contributed by atoms with Crippen LogP contribution in [0.25, 0.3) is 0 Å². The fourth-order valence-electron chi connectivity index (χ4n) is 1.99. The van der Waals surface area contributed by atoms with E-state index in [-0.39, 0.29) is 11.1 Å². The van der Waals surface area contributed by atoms with Crippen molar-refractivity contribution in [3.8, 4) is 17.2 Å². The molecule has 1 aliphatic rings. The summed E-state index contributed by atoms with van der Waals surface area (Å²) in [4.78, 5) is 22.7. The molecule has 1 aliphatic heterocycles. The Bertz CT molecular complexity index is 521. The molecule has 1 aromatic rings. The molecule has 1 atom stereocenters. The van der Waals surface area contributed by atoms with E-state index in [0.717, 1.165) is 17.3 Å². The van der Waals surface area contributed by atoms with Gasteiger partial charge in [-0.25, -0.2) is 0 Å². The minimum absolute atomic E-state index is 0.270. The zero-order valence-corrected chi connectivity index (χ0v) is 12.2. The first-order chi connectivity index (χ1) is 9.58. The molecule has 1 heterocycles. The highest BCUT2D eigenvalue weighted by Crippen LogP contribution is 2.39. The van der Waals surface area contributed by atoms with Crippen LogP contribution in [0.2, 0.25) is 0 Å². The highest BCUT2D eigenvalue weighted by Gasteiger charge is 2.32. The number of amides is 2. The van der Waals surface area contributed by atoms with Gasteiger partial charge < -0.3 is 14.2 Å². The van der Waals surface area contributed by atoms with Crippen molar-refractivity contribution in [2.24, 2.45) is 0 Å². The molecule has 1 unspecified atom stereocenters. The molecule has 0 bridgehead atoms. The maximum atomic E-state index is 11.6. The van der Waals surface area contributed by atoms with Crippen LogP contribution in [0.5, 0.6) is 17.2 Å². The number of hydrogen-bond acceptors (Lipinski definition) is 6. The number of rotatable bonds is 5. The maximum Gasteiger partial charge on any atom is 0.286 e. The van der Waals surface area contributed by atoms with Crippen LogP contribution in [0.1, 0.15) is 5.56 Å². The summed E-state index contributed by atoms with van der Waals surface area (Å²) in [7, 11) is 4.59. The van der Waals surface area contributed by atoms with E-state index in [1.54, 1.807) is 12.1 Å². The monoisotopic (exact) mass is 297 g/mol. The molecule has 20 heavy (non-hydrogen) atoms. The Balaban J connectivity index is 2.28. The number of thioether (sulfide) groups is 1. The summed E-state index contributed by atoms with van der Waals surface area (Å²) in [6.45, 7) is 0. The Morgan fingerprint density at radius 2 is 1.70 bits per heavy atom. The Kier molecular flexibility index (Phi) is 4.39. The summed E-state index contributed by atoms with van der Waals surface area (Å²) in [6, 6.07) is 3.55. The smallest absolute Gasteiger partial charge is 0.286 e. The van der Waals surface area contributed by atoms with E-state index >= 15 is 0 Å². The van der Waals surface area contributed by atoms with Gasteiger partial charge in [0, 0.05) is 0 Å². The number of carbonyl (C=O) groups excluding carboxylic acids is 2. The molecule has 0 aromatic heterocycles. The number of hydrogen-bond donors (Lipinski definition) is 1. The summed E-state index contributed by atoms with van der Waals surface area (Å²) in [5, 5.41) is 1.53. The zero-order valence-electron chi connectivity index (χ0n) is 11.4. The van der Waals surface area contributed by atoms with Gasteiger partial charge >= 0.3 is 0 Å². The van der Waals surface area contributed by atoms with Crippen LogP contribution in [0.3, 0.4) is 0 Å². The molecule has 0 spiro atoms. The lowest BCUT2D eigenvalue weighted by atomic mass is 10.1. The van der Waals surface area contributed by atoms with Crippen LogP contribution < -0.4 is 19.5 Å². The van der Waals surface area contributed by atoms with Crippen molar-refractivity contribution in [1.29, 1.82) is 0 Å². The Labute approximate surface area is 120 Å². The Hall–Kier alpha value is -1.89. The van der Waals surface area contributed by atoms with Crippen LogP contribution in [-0.4, -0.2) is 37.7 Å². The van der Waals surface area contributed by atoms with Crippen LogP contribution in [0, 0.1) is 0 Å². The third-order valence-corrected chi connectivity index (χ3v) is 3.89. The van der Waals surface area contributed by atoms with Crippen molar-refractivity contribution in [1.82, 2.24) is 5.32 Å². The topological polar surface area (TPSA) is 73.9 Å². The molecule has 108 valence electrons. The summed E-state index contributed by atoms with van der Waals surface area (Å²) in [5.41, 5.74) is 0.835. The lowest BCUT2D eigenvalue weighted by molar-refractivity contribution is -0.118. The highest BCUT2D eigenvalue weighted by molar-refractivity contribution is 8.15. The van der Waals surface area contributed by atoms with Gasteiger partial charge in [-0.2, -0.15) is 0 Å². The fourth-order valence-corrected chi connectivity index (χ4v) is 2.85. The third-order valence-electron chi connectivity index (χ3n) is 2.91. The minimum Gasteiger partial charge on any atom is -0.493 e. The van der Waals surface area contributed by atoms with Gasteiger partial charge in [0.05, 0.1) is 26.6 Å². The van der Waals surface area contributed by atoms with Crippen molar-refractivity contribution in [3.05, 3.63) is 17.7 Å². The first-order valence-corrected chi connectivity index (χ1v) is 6.77. The molecule has 1 saturated heterocycles. The molecule has 6 nitrogen and oxygen atoms in total. The van der Waals surface area contributed by atoms with Gasteiger partial charge in [0.2, 0.25) is 11.7 Å². The molecule has 1 N–H and O–H groups in total. The van der Waals surface area contributed by atoms with Crippen molar-refractivity contribution in [2.75, 3.05) is 21.3 Å². The molecule has 0 saturated carbocycles. The Morgan fingerprint density at radius 1 is 1.10 bits per heavy atom. The molecule has 2 amide bonds. The largest absolute Gasteiger partial charge is 0.493 e. The molecule has 1 fully saturated rings. The van der Waals surface area contributed by atoms with E-state index in [0.29, 0.717) is 23.7 Å². The van der Waals surface area contributed by atoms with Gasteiger partial charge in [-0.15, -0.1) is 0 Å². The van der Waals surface area contributed by atoms with Gasteiger partial charge in [0.1, 0.15) is 0 Å². The second kappa shape index (κ2) is 6.04. The quantitative estimate of drug-likeness (QED) is 0.890. The molecule has 0 aliphatic carbocycles. The van der Waals surface area contributed by atoms with Gasteiger partial charge in [-0.3, -0.25) is 14.9 Å². The standard InChI is InChI=1S/C13H15NO5S/c1-17-8-4-7(5-9(18-2)11(8)19-3)6-10-12(15)14-13(16)20-10/h4-5,10H,6H2,1-3H3,(H,14,15,16). The summed E-state index contributed by atoms with van der Waals surface area (Å²) >= 11 is 0.993. The van der Waals surface area contributed by atoms with Crippen molar-refractivity contribution < 1.29 is 23.8 Å². The van der Waals surface area contributed by atoms with Gasteiger partial charge in [-0.05, 0) is 24.1 Å². The number of nitrogens with one attached hydrogen (secondary N) is 1. The van der Waals surface area contributed by atoms with Gasteiger partial charge in [0.15, 0.2) is 11.5 Å². The second-order valence-corrected chi connectivity index (χ2v) is 5.30. The maximum absolute atomic E-state index is 11.6. The van der Waals surface area contributed by atoms with Gasteiger partial charge in [0.25, 0.3) is 5.24 Å². The Morgan fingerprint density at radius 3 is 2.10 bits per heavy atom. The first kappa shape index (κ1) is 14.5. The van der Waals surface area contributed by atoms with E-state index < -0.39 is 5.25 Å². The van der Waals surface area contributed by atoms with Crippen molar-refractivity contribution in [2.45, 2.75) is 11.7 Å². The highest BCUT2D eigenvalue weighted by atomic mass is 32.2. The average molecular weight is 297 g/mol. The minimum atomic E-state index is -0.426. The molecule has 7 heteroatoms. The van der Waals surface area contributed by atoms with Crippen LogP contribution in [-0.2, 0) is 11.2 Å². The average Bonchev–Trinajstić information content (AvgIpc) is 2.75. The lowest BCUT2D eigenvalue weighted by Crippen LogP contribution is -2.25. The molecular weight excluding hydrogens is 282 g/mol. The molecule has 0 radical (unpaired) electrons. The normalized spacial score (nSPS) is 17.9. The van der Waals surface area contributed by atoms with Gasteiger partial charge in [-0.1, -0.05) is 11.8 Å². The number of carbonyl (C=O) groups is 2. The van der Waals surface area contributed by atoms with Crippen LogP contribution >= 0.6 is 11.8 Å². The van der Waals surface area contributed by atoms with E-state index in [9.17, 15) is 9.59 Å². The predicted octanol–water partition coefficient (Wildman–Crippen LogP) is 1.61. The number of benzene rings is 1. The fraction of sp³-hybridized carbons (Fsp3) is 0.385. The zero-order chi connectivity index (χ0) is 14.7. The van der Waals surface area contributed by atoms with Crippen molar-refractivity contribution in [3.63, 3.8) is 0 Å². The first-order valence-electron chi connectivity index (χ1n) is 5.89. The van der Waals surface area contributed by atoms with E-state index in [1.165, 1.54) is 21.3 Å². The summed E-state index contributed by atoms with van der Waals surface area (Å²) in [5.74, 6) is 1.28. The second-order valence-electron chi connectivity index (χ2n) is 4.12. The van der Waals surface area contributed by atoms with E-state index in [1.807, 2.05) is 0 Å². The van der Waals surface area contributed by atoms with Crippen LogP contribution in [0.15, 0.2) is 12.1 Å². The SMILES string of the molecule is COc1cc(CC2SC(=O)NC2=O)cc(OC)c1OC. The predicted molar refractivity (Wildman–Crippen MR) is 74.7 cm³/mol.